The molecule has 0 spiro atoms. The van der Waals surface area contributed by atoms with Crippen molar-refractivity contribution in [2.75, 3.05) is 20.8 Å². The zero-order chi connectivity index (χ0) is 14.1. The molecule has 0 fully saturated rings. The smallest absolute Gasteiger partial charge is 0.318 e. The van der Waals surface area contributed by atoms with Gasteiger partial charge in [-0.15, -0.1) is 0 Å². The van der Waals surface area contributed by atoms with Crippen LogP contribution in [0.2, 0.25) is 0 Å². The summed E-state index contributed by atoms with van der Waals surface area (Å²) >= 11 is 0. The minimum absolute atomic E-state index is 0.239. The third-order valence-electron chi connectivity index (χ3n) is 2.32. The highest BCUT2D eigenvalue weighted by Gasteiger charge is 2.05. The third-order valence-corrected chi connectivity index (χ3v) is 2.32. The predicted molar refractivity (Wildman–Crippen MR) is 69.8 cm³/mol. The largest absolute Gasteiger partial charge is 0.354 e. The molecule has 0 atom stereocenters. The number of hydrogen-bond acceptors (Lipinski definition) is 3. The van der Waals surface area contributed by atoms with E-state index < -0.39 is 6.29 Å². The van der Waals surface area contributed by atoms with Gasteiger partial charge in [-0.25, -0.2) is 9.18 Å². The molecule has 1 rings (SSSR count). The van der Waals surface area contributed by atoms with E-state index in [0.717, 1.165) is 5.56 Å². The summed E-state index contributed by atoms with van der Waals surface area (Å²) in [6, 6.07) is 5.54. The van der Waals surface area contributed by atoms with E-state index in [2.05, 4.69) is 10.6 Å². The Labute approximate surface area is 111 Å². The standard InChI is InChI=1S/C13H17FN2O3/c1-18-12(19-2)9-16-13(17)15-8-7-10-3-5-11(14)6-4-10/h3-8,12H,9H2,1-2H3,(H2,15,16,17)/b8-7+. The van der Waals surface area contributed by atoms with Gasteiger partial charge in [0.1, 0.15) is 5.82 Å². The number of rotatable bonds is 6. The third kappa shape index (κ3) is 5.98. The molecule has 6 heteroatoms. The van der Waals surface area contributed by atoms with Crippen LogP contribution >= 0.6 is 0 Å². The summed E-state index contributed by atoms with van der Waals surface area (Å²) < 4.78 is 22.5. The van der Waals surface area contributed by atoms with Gasteiger partial charge in [0, 0.05) is 20.4 Å². The molecular formula is C13H17FN2O3. The lowest BCUT2D eigenvalue weighted by Crippen LogP contribution is -2.38. The van der Waals surface area contributed by atoms with Crippen molar-refractivity contribution >= 4 is 12.1 Å². The lowest BCUT2D eigenvalue weighted by Gasteiger charge is -2.13. The molecule has 0 radical (unpaired) electrons. The SMILES string of the molecule is COC(CNC(=O)N/C=C/c1ccc(F)cc1)OC. The number of halogens is 1. The van der Waals surface area contributed by atoms with Crippen molar-refractivity contribution in [3.05, 3.63) is 41.8 Å². The normalized spacial score (nSPS) is 10.9. The average Bonchev–Trinajstić information content (AvgIpc) is 2.42. The summed E-state index contributed by atoms with van der Waals surface area (Å²) in [5.41, 5.74) is 0.786. The number of amides is 2. The molecule has 0 saturated carbocycles. The van der Waals surface area contributed by atoms with E-state index >= 15 is 0 Å². The highest BCUT2D eigenvalue weighted by molar-refractivity contribution is 5.75. The van der Waals surface area contributed by atoms with E-state index in [0.29, 0.717) is 0 Å². The van der Waals surface area contributed by atoms with E-state index in [9.17, 15) is 9.18 Å². The fourth-order valence-corrected chi connectivity index (χ4v) is 1.28. The minimum atomic E-state index is -0.480. The van der Waals surface area contributed by atoms with Crippen molar-refractivity contribution in [2.45, 2.75) is 6.29 Å². The van der Waals surface area contributed by atoms with Crippen molar-refractivity contribution in [3.8, 4) is 0 Å². The summed E-state index contributed by atoms with van der Waals surface area (Å²) in [5, 5.41) is 5.08. The van der Waals surface area contributed by atoms with Crippen molar-refractivity contribution < 1.29 is 18.7 Å². The van der Waals surface area contributed by atoms with Crippen LogP contribution in [0.25, 0.3) is 6.08 Å². The zero-order valence-corrected chi connectivity index (χ0v) is 10.9. The molecule has 1 aromatic carbocycles. The molecule has 0 aliphatic heterocycles. The Morgan fingerprint density at radius 2 is 1.95 bits per heavy atom. The maximum atomic E-state index is 12.7. The van der Waals surface area contributed by atoms with E-state index in [1.165, 1.54) is 32.6 Å². The molecule has 2 N–H and O–H groups in total. The first kappa shape index (κ1) is 15.1. The van der Waals surface area contributed by atoms with Gasteiger partial charge in [0.15, 0.2) is 6.29 Å². The molecule has 5 nitrogen and oxygen atoms in total. The van der Waals surface area contributed by atoms with Gasteiger partial charge in [-0.05, 0) is 23.8 Å². The molecule has 0 saturated heterocycles. The number of ether oxygens (including phenoxy) is 2. The van der Waals surface area contributed by atoms with Crippen LogP contribution in [0.1, 0.15) is 5.56 Å². The summed E-state index contributed by atoms with van der Waals surface area (Å²) in [6.45, 7) is 0.239. The fourth-order valence-electron chi connectivity index (χ4n) is 1.28. The van der Waals surface area contributed by atoms with E-state index in [1.54, 1.807) is 18.2 Å². The highest BCUT2D eigenvalue weighted by atomic mass is 19.1. The molecule has 0 aromatic heterocycles. The number of nitrogens with one attached hydrogen (secondary N) is 2. The molecule has 19 heavy (non-hydrogen) atoms. The Balaban J connectivity index is 2.31. The van der Waals surface area contributed by atoms with Crippen molar-refractivity contribution in [3.63, 3.8) is 0 Å². The van der Waals surface area contributed by atoms with E-state index in [4.69, 9.17) is 9.47 Å². The van der Waals surface area contributed by atoms with Crippen LogP contribution in [0.15, 0.2) is 30.5 Å². The second kappa shape index (κ2) is 8.23. The number of benzene rings is 1. The Bertz CT molecular complexity index is 416. The maximum absolute atomic E-state index is 12.7. The average molecular weight is 268 g/mol. The molecule has 2 amide bonds. The topological polar surface area (TPSA) is 59.6 Å². The number of hydrogen-bond donors (Lipinski definition) is 2. The van der Waals surface area contributed by atoms with Gasteiger partial charge in [-0.3, -0.25) is 0 Å². The fraction of sp³-hybridized carbons (Fsp3) is 0.308. The summed E-state index contributed by atoms with van der Waals surface area (Å²) in [6.07, 6.45) is 2.65. The number of urea groups is 1. The predicted octanol–water partition coefficient (Wildman–Crippen LogP) is 1.71. The second-order valence-corrected chi connectivity index (χ2v) is 3.64. The molecule has 0 bridgehead atoms. The first-order valence-electron chi connectivity index (χ1n) is 5.67. The van der Waals surface area contributed by atoms with Crippen molar-refractivity contribution in [1.82, 2.24) is 10.6 Å². The summed E-state index contributed by atoms with van der Waals surface area (Å²) in [4.78, 5) is 11.4. The van der Waals surface area contributed by atoms with Gasteiger partial charge in [0.25, 0.3) is 0 Å². The van der Waals surface area contributed by atoms with Crippen LogP contribution < -0.4 is 10.6 Å². The van der Waals surface area contributed by atoms with Crippen LogP contribution in [0, 0.1) is 5.82 Å². The van der Waals surface area contributed by atoms with Crippen LogP contribution in [0.3, 0.4) is 0 Å². The number of carbonyl (C=O) groups is 1. The maximum Gasteiger partial charge on any atom is 0.318 e. The minimum Gasteiger partial charge on any atom is -0.354 e. The molecule has 0 heterocycles. The summed E-state index contributed by atoms with van der Waals surface area (Å²) in [7, 11) is 2.98. The van der Waals surface area contributed by atoms with E-state index in [1.807, 2.05) is 0 Å². The molecule has 104 valence electrons. The zero-order valence-electron chi connectivity index (χ0n) is 10.9. The first-order valence-corrected chi connectivity index (χ1v) is 5.67. The Kier molecular flexibility index (Phi) is 6.56. The van der Waals surface area contributed by atoms with Gasteiger partial charge in [-0.1, -0.05) is 12.1 Å². The lowest BCUT2D eigenvalue weighted by molar-refractivity contribution is -0.0971. The molecular weight excluding hydrogens is 251 g/mol. The van der Waals surface area contributed by atoms with Gasteiger partial charge in [0.2, 0.25) is 0 Å². The van der Waals surface area contributed by atoms with Crippen molar-refractivity contribution in [1.29, 1.82) is 0 Å². The van der Waals surface area contributed by atoms with Crippen LogP contribution in [-0.2, 0) is 9.47 Å². The first-order chi connectivity index (χ1) is 9.15. The number of carbonyl (C=O) groups excluding carboxylic acids is 1. The van der Waals surface area contributed by atoms with Crippen LogP contribution in [0.5, 0.6) is 0 Å². The molecule has 0 aliphatic rings. The lowest BCUT2D eigenvalue weighted by atomic mass is 10.2. The Morgan fingerprint density at radius 1 is 1.32 bits per heavy atom. The van der Waals surface area contributed by atoms with Crippen LogP contribution in [0.4, 0.5) is 9.18 Å². The summed E-state index contributed by atoms with van der Waals surface area (Å²) in [5.74, 6) is -0.298. The number of methoxy groups -OCH3 is 2. The van der Waals surface area contributed by atoms with Crippen LogP contribution in [-0.4, -0.2) is 33.1 Å². The van der Waals surface area contributed by atoms with E-state index in [-0.39, 0.29) is 18.4 Å². The Morgan fingerprint density at radius 3 is 2.53 bits per heavy atom. The molecule has 1 aromatic rings. The molecule has 0 aliphatic carbocycles. The van der Waals surface area contributed by atoms with Gasteiger partial charge in [0.05, 0.1) is 6.54 Å². The quantitative estimate of drug-likeness (QED) is 0.772. The highest BCUT2D eigenvalue weighted by Crippen LogP contribution is 2.03. The van der Waals surface area contributed by atoms with Crippen molar-refractivity contribution in [2.24, 2.45) is 0 Å². The monoisotopic (exact) mass is 268 g/mol. The van der Waals surface area contributed by atoms with Gasteiger partial charge >= 0.3 is 6.03 Å². The van der Waals surface area contributed by atoms with Gasteiger partial charge in [-0.2, -0.15) is 0 Å². The Hall–Kier alpha value is -1.92. The molecule has 0 unspecified atom stereocenters. The van der Waals surface area contributed by atoms with Gasteiger partial charge < -0.3 is 20.1 Å². The second-order valence-electron chi connectivity index (χ2n) is 3.64.